The van der Waals surface area contributed by atoms with Crippen LogP contribution in [0.3, 0.4) is 0 Å². The molecule has 64 heavy (non-hydrogen) atoms. The Bertz CT molecular complexity index is 1710. The van der Waals surface area contributed by atoms with Crippen LogP contribution in [0.2, 0.25) is 0 Å². The molecule has 0 saturated heterocycles. The number of aromatic carboxylic acids is 1. The van der Waals surface area contributed by atoms with Crippen molar-refractivity contribution < 1.29 is 83.3 Å². The smallest absolute Gasteiger partial charge is 0.335 e. The zero-order chi connectivity index (χ0) is 48.0. The number of carbonyl (C=O) groups excluding carboxylic acids is 8. The number of nitrogens with one attached hydrogen (secondary N) is 7. The predicted octanol–water partition coefficient (Wildman–Crippen LogP) is -3.65. The number of rotatable bonds is 34. The van der Waals surface area contributed by atoms with Gasteiger partial charge in [-0.15, -0.1) is 0 Å². The number of ether oxygens (including phenoxy) is 1. The van der Waals surface area contributed by atoms with Gasteiger partial charge in [0, 0.05) is 12.8 Å². The van der Waals surface area contributed by atoms with Crippen molar-refractivity contribution in [1.82, 2.24) is 37.2 Å². The molecule has 5 atom stereocenters. The van der Waals surface area contributed by atoms with Crippen molar-refractivity contribution in [2.75, 3.05) is 46.1 Å². The number of carboxylic acids is 2. The van der Waals surface area contributed by atoms with Gasteiger partial charge < -0.3 is 72.6 Å². The Morgan fingerprint density at radius 1 is 0.500 bits per heavy atom. The number of ketones is 1. The van der Waals surface area contributed by atoms with Crippen LogP contribution in [0.5, 0.6) is 5.75 Å². The predicted molar refractivity (Wildman–Crippen MR) is 222 cm³/mol. The molecule has 1 aromatic rings. The maximum atomic E-state index is 12.8. The molecule has 0 saturated carbocycles. The Labute approximate surface area is 368 Å². The second-order valence-corrected chi connectivity index (χ2v) is 14.5. The Balaban J connectivity index is 2.41. The minimum atomic E-state index is -1.72. The molecule has 1 rings (SSSR count). The lowest BCUT2D eigenvalue weighted by atomic mass is 10.1. The van der Waals surface area contributed by atoms with Crippen LogP contribution in [0.25, 0.3) is 0 Å². The van der Waals surface area contributed by atoms with Crippen molar-refractivity contribution in [3.8, 4) is 5.75 Å². The van der Waals surface area contributed by atoms with Crippen molar-refractivity contribution in [2.45, 2.75) is 108 Å². The summed E-state index contributed by atoms with van der Waals surface area (Å²) in [5, 5.41) is 71.9. The number of amides is 7. The highest BCUT2D eigenvalue weighted by molar-refractivity contribution is 5.96. The van der Waals surface area contributed by atoms with Crippen LogP contribution in [0.4, 0.5) is 0 Å². The zero-order valence-electron chi connectivity index (χ0n) is 35.6. The van der Waals surface area contributed by atoms with E-state index in [4.69, 9.17) is 9.84 Å². The van der Waals surface area contributed by atoms with Crippen LogP contribution in [0.1, 0.15) is 87.9 Å². The first-order valence-corrected chi connectivity index (χ1v) is 20.6. The second kappa shape index (κ2) is 31.6. The number of Topliss-reactive ketones (excluding diaryl/α,β-unsaturated/α-hetero) is 1. The van der Waals surface area contributed by atoms with Crippen LogP contribution in [-0.2, 0) is 43.2 Å². The maximum Gasteiger partial charge on any atom is 0.335 e. The molecule has 358 valence electrons. The second-order valence-electron chi connectivity index (χ2n) is 14.5. The molecule has 0 spiro atoms. The molecule has 24 nitrogen and oxygen atoms in total. The first kappa shape index (κ1) is 55.8. The summed E-state index contributed by atoms with van der Waals surface area (Å²) in [7, 11) is 0. The van der Waals surface area contributed by atoms with E-state index < -0.39 is 129 Å². The Morgan fingerprint density at radius 2 is 0.922 bits per heavy atom. The minimum Gasteiger partial charge on any atom is -0.494 e. The molecular weight excluding hydrogens is 850 g/mol. The largest absolute Gasteiger partial charge is 0.494 e. The van der Waals surface area contributed by atoms with Crippen molar-refractivity contribution in [2.24, 2.45) is 0 Å². The third-order valence-corrected chi connectivity index (χ3v) is 9.20. The molecule has 0 aromatic heterocycles. The fourth-order valence-corrected chi connectivity index (χ4v) is 5.59. The van der Waals surface area contributed by atoms with Gasteiger partial charge in [0.15, 0.2) is 0 Å². The molecule has 0 radical (unpaired) electrons. The maximum absolute atomic E-state index is 12.8. The van der Waals surface area contributed by atoms with Crippen LogP contribution < -0.4 is 42.0 Å². The number of benzene rings is 1. The van der Waals surface area contributed by atoms with Gasteiger partial charge in [-0.3, -0.25) is 38.4 Å². The molecule has 0 aliphatic rings. The van der Waals surface area contributed by atoms with E-state index in [0.717, 1.165) is 44.9 Å². The highest BCUT2D eigenvalue weighted by Crippen LogP contribution is 2.14. The average molecular weight is 912 g/mol. The number of aliphatic hydroxyl groups is 4. The number of hydrogen-bond acceptors (Lipinski definition) is 15. The molecule has 7 amide bonds. The van der Waals surface area contributed by atoms with Crippen LogP contribution >= 0.6 is 0 Å². The van der Waals surface area contributed by atoms with Gasteiger partial charge in [-0.1, -0.05) is 38.5 Å². The van der Waals surface area contributed by atoms with Crippen LogP contribution in [0.15, 0.2) is 24.3 Å². The van der Waals surface area contributed by atoms with E-state index >= 15 is 0 Å². The van der Waals surface area contributed by atoms with Crippen LogP contribution in [0, 0.1) is 0 Å². The Kier molecular flexibility index (Phi) is 27.5. The van der Waals surface area contributed by atoms with E-state index in [-0.39, 0.29) is 24.9 Å². The number of aliphatic carboxylic acids is 1. The van der Waals surface area contributed by atoms with Gasteiger partial charge in [0.1, 0.15) is 41.7 Å². The summed E-state index contributed by atoms with van der Waals surface area (Å²) in [6, 6.07) is -1.82. The van der Waals surface area contributed by atoms with Crippen molar-refractivity contribution in [3.63, 3.8) is 0 Å². The first-order valence-electron chi connectivity index (χ1n) is 20.6. The Morgan fingerprint density at radius 3 is 1.39 bits per heavy atom. The quantitative estimate of drug-likeness (QED) is 0.0297. The Hall–Kier alpha value is -6.24. The molecule has 0 aliphatic heterocycles. The van der Waals surface area contributed by atoms with Gasteiger partial charge in [0.25, 0.3) is 0 Å². The van der Waals surface area contributed by atoms with E-state index in [1.54, 1.807) is 12.1 Å². The number of hydrogen-bond donors (Lipinski definition) is 13. The third-order valence-electron chi connectivity index (χ3n) is 9.20. The number of aliphatic hydroxyl groups excluding tert-OH is 4. The topological polar surface area (TPSA) is 386 Å². The van der Waals surface area contributed by atoms with Crippen molar-refractivity contribution in [1.29, 1.82) is 0 Å². The van der Waals surface area contributed by atoms with Gasteiger partial charge in [0.05, 0.1) is 51.7 Å². The van der Waals surface area contributed by atoms with Gasteiger partial charge >= 0.3 is 11.9 Å². The molecule has 0 fully saturated rings. The van der Waals surface area contributed by atoms with Gasteiger partial charge in [0.2, 0.25) is 41.4 Å². The lowest BCUT2D eigenvalue weighted by Crippen LogP contribution is -2.58. The standard InChI is InChI=1S/C40H61N7O17/c1-24(52)18-41-35(56)28(20-48)46-38(59)31(23-51)45-34(55)19-42-36(57)29(21-49)47-37(58)30(22-50)44-33(54)16-15-27(40(62)63)43-32(53)10-8-6-4-2-3-5-7-9-17-64-26-13-11-25(12-14-26)39(60)61/h11-14,27-31,48-51H,2-10,15-23H2,1H3,(H,41,56)(H,42,57)(H,43,53)(H,44,54)(H,45,55)(H,46,59)(H,47,58)(H,60,61)(H,62,63)/t27-,28-,29-,30-,31-/m0/s1. The highest BCUT2D eigenvalue weighted by Gasteiger charge is 2.29. The van der Waals surface area contributed by atoms with Gasteiger partial charge in [-0.25, -0.2) is 9.59 Å². The average Bonchev–Trinajstić information content (AvgIpc) is 3.26. The summed E-state index contributed by atoms with van der Waals surface area (Å²) < 4.78 is 5.62. The molecule has 0 aliphatic carbocycles. The molecule has 0 unspecified atom stereocenters. The SMILES string of the molecule is CC(=O)CNC(=O)[C@H](CO)NC(=O)[C@H](CO)NC(=O)CNC(=O)[C@H](CO)NC(=O)[C@H](CO)NC(=O)CC[C@H](NC(=O)CCCCCCCCCCOc1ccc(C(=O)O)cc1)C(=O)O. The van der Waals surface area contributed by atoms with E-state index in [1.807, 2.05) is 0 Å². The van der Waals surface area contributed by atoms with Crippen molar-refractivity contribution in [3.05, 3.63) is 29.8 Å². The van der Waals surface area contributed by atoms with E-state index in [2.05, 4.69) is 37.2 Å². The summed E-state index contributed by atoms with van der Waals surface area (Å²) in [5.41, 5.74) is 0.188. The lowest BCUT2D eigenvalue weighted by molar-refractivity contribution is -0.142. The van der Waals surface area contributed by atoms with Crippen LogP contribution in [-0.4, -0.2) is 166 Å². The summed E-state index contributed by atoms with van der Waals surface area (Å²) >= 11 is 0. The fourth-order valence-electron chi connectivity index (χ4n) is 5.59. The minimum absolute atomic E-state index is 0.0655. The monoisotopic (exact) mass is 911 g/mol. The molecule has 13 N–H and O–H groups in total. The third kappa shape index (κ3) is 23.3. The molecular formula is C40H61N7O17. The highest BCUT2D eigenvalue weighted by atomic mass is 16.5. The fraction of sp³-hybridized carbons (Fsp3) is 0.600. The van der Waals surface area contributed by atoms with Gasteiger partial charge in [-0.05, 0) is 50.5 Å². The first-order chi connectivity index (χ1) is 30.4. The van der Waals surface area contributed by atoms with E-state index in [1.165, 1.54) is 19.1 Å². The van der Waals surface area contributed by atoms with Crippen molar-refractivity contribution >= 4 is 59.1 Å². The normalized spacial score (nSPS) is 13.1. The van der Waals surface area contributed by atoms with Gasteiger partial charge in [-0.2, -0.15) is 0 Å². The zero-order valence-corrected chi connectivity index (χ0v) is 35.6. The number of unbranched alkanes of at least 4 members (excludes halogenated alkanes) is 7. The summed E-state index contributed by atoms with van der Waals surface area (Å²) in [4.78, 5) is 121. The molecule has 24 heteroatoms. The molecule has 1 aromatic carbocycles. The molecule has 0 bridgehead atoms. The number of carbonyl (C=O) groups is 10. The number of carboxylic acid groups (broad SMARTS) is 2. The summed E-state index contributed by atoms with van der Waals surface area (Å²) in [6.45, 7) is -3.40. The molecule has 0 heterocycles. The summed E-state index contributed by atoms with van der Waals surface area (Å²) in [5.74, 6) is -8.96. The van der Waals surface area contributed by atoms with E-state index in [0.29, 0.717) is 18.8 Å². The summed E-state index contributed by atoms with van der Waals surface area (Å²) in [6.07, 6.45) is 6.08. The van der Waals surface area contributed by atoms with E-state index in [9.17, 15) is 73.5 Å². The lowest BCUT2D eigenvalue weighted by Gasteiger charge is -2.22.